The van der Waals surface area contributed by atoms with Gasteiger partial charge < -0.3 is 16.0 Å². The lowest BCUT2D eigenvalue weighted by atomic mass is 10.2. The molecule has 154 valence electrons. The molecule has 12 heteroatoms. The quantitative estimate of drug-likeness (QED) is 0.346. The van der Waals surface area contributed by atoms with Gasteiger partial charge in [0.25, 0.3) is 11.6 Å². The maximum absolute atomic E-state index is 12.8. The summed E-state index contributed by atoms with van der Waals surface area (Å²) in [5.74, 6) is -1.61. The maximum Gasteiger partial charge on any atom is 0.419 e. The highest BCUT2D eigenvalue weighted by Crippen LogP contribution is 2.33. The molecule has 0 atom stereocenters. The standard InChI is InChI=1S/C17H16F3N5O4/c18-17(19,20)13-5-2-6-22-15(13)23-8-7-21-14(26)10-24-16(27)11-3-1-4-12(9-11)25(28)29/h1-6,9H,7-8,10H2,(H,21,26)(H,22,23)(H,24,27). The van der Waals surface area contributed by atoms with Gasteiger partial charge in [0.05, 0.1) is 17.0 Å². The van der Waals surface area contributed by atoms with Gasteiger partial charge >= 0.3 is 6.18 Å². The number of rotatable bonds is 8. The number of non-ortho nitro benzene ring substituents is 1. The van der Waals surface area contributed by atoms with Crippen LogP contribution < -0.4 is 16.0 Å². The van der Waals surface area contributed by atoms with E-state index in [0.717, 1.165) is 12.1 Å². The molecule has 2 amide bonds. The third-order valence-corrected chi connectivity index (χ3v) is 3.58. The van der Waals surface area contributed by atoms with Crippen LogP contribution in [0.3, 0.4) is 0 Å². The summed E-state index contributed by atoms with van der Waals surface area (Å²) in [6.45, 7) is -0.442. The Morgan fingerprint density at radius 3 is 2.55 bits per heavy atom. The zero-order valence-corrected chi connectivity index (χ0v) is 14.8. The fourth-order valence-corrected chi connectivity index (χ4v) is 2.24. The molecule has 0 aliphatic rings. The summed E-state index contributed by atoms with van der Waals surface area (Å²) in [5, 5.41) is 17.9. The van der Waals surface area contributed by atoms with Crippen molar-refractivity contribution in [2.75, 3.05) is 25.0 Å². The second-order valence-corrected chi connectivity index (χ2v) is 5.66. The Morgan fingerprint density at radius 1 is 1.10 bits per heavy atom. The number of amides is 2. The Bertz CT molecular complexity index is 905. The van der Waals surface area contributed by atoms with E-state index < -0.39 is 35.0 Å². The van der Waals surface area contributed by atoms with Crippen LogP contribution in [-0.4, -0.2) is 41.4 Å². The molecule has 29 heavy (non-hydrogen) atoms. The van der Waals surface area contributed by atoms with Gasteiger partial charge in [-0.2, -0.15) is 13.2 Å². The summed E-state index contributed by atoms with van der Waals surface area (Å²) in [6, 6.07) is 7.04. The van der Waals surface area contributed by atoms with Crippen molar-refractivity contribution in [1.29, 1.82) is 0 Å². The van der Waals surface area contributed by atoms with Crippen molar-refractivity contribution in [3.8, 4) is 0 Å². The van der Waals surface area contributed by atoms with E-state index in [1.807, 2.05) is 0 Å². The van der Waals surface area contributed by atoms with Crippen LogP contribution in [0, 0.1) is 10.1 Å². The van der Waals surface area contributed by atoms with Gasteiger partial charge in [0.1, 0.15) is 5.82 Å². The molecule has 0 spiro atoms. The van der Waals surface area contributed by atoms with Crippen molar-refractivity contribution in [1.82, 2.24) is 15.6 Å². The van der Waals surface area contributed by atoms with Crippen LogP contribution in [0.2, 0.25) is 0 Å². The molecule has 0 fully saturated rings. The third kappa shape index (κ3) is 6.45. The highest BCUT2D eigenvalue weighted by molar-refractivity contribution is 5.96. The molecular formula is C17H16F3N5O4. The minimum absolute atomic E-state index is 0.0145. The molecule has 0 aliphatic carbocycles. The number of alkyl halides is 3. The van der Waals surface area contributed by atoms with Crippen molar-refractivity contribution in [2.24, 2.45) is 0 Å². The summed E-state index contributed by atoms with van der Waals surface area (Å²) in [6.07, 6.45) is -3.35. The van der Waals surface area contributed by atoms with Gasteiger partial charge in [0.2, 0.25) is 5.91 Å². The number of pyridine rings is 1. The third-order valence-electron chi connectivity index (χ3n) is 3.58. The first-order chi connectivity index (χ1) is 13.7. The van der Waals surface area contributed by atoms with Crippen LogP contribution in [0.4, 0.5) is 24.7 Å². The highest BCUT2D eigenvalue weighted by Gasteiger charge is 2.33. The number of benzene rings is 1. The lowest BCUT2D eigenvalue weighted by Gasteiger charge is -2.13. The molecule has 0 radical (unpaired) electrons. The van der Waals surface area contributed by atoms with Crippen molar-refractivity contribution in [3.05, 3.63) is 63.8 Å². The van der Waals surface area contributed by atoms with Crippen LogP contribution >= 0.6 is 0 Å². The first-order valence-corrected chi connectivity index (χ1v) is 8.24. The van der Waals surface area contributed by atoms with Gasteiger partial charge in [0, 0.05) is 37.0 Å². The van der Waals surface area contributed by atoms with Crippen molar-refractivity contribution < 1.29 is 27.7 Å². The van der Waals surface area contributed by atoms with Crippen LogP contribution in [-0.2, 0) is 11.0 Å². The average Bonchev–Trinajstić information content (AvgIpc) is 2.69. The molecule has 3 N–H and O–H groups in total. The van der Waals surface area contributed by atoms with Gasteiger partial charge in [-0.1, -0.05) is 6.07 Å². The predicted molar refractivity (Wildman–Crippen MR) is 96.2 cm³/mol. The van der Waals surface area contributed by atoms with Gasteiger partial charge in [0.15, 0.2) is 0 Å². The Hall–Kier alpha value is -3.70. The Morgan fingerprint density at radius 2 is 1.86 bits per heavy atom. The number of nitro benzene ring substituents is 1. The van der Waals surface area contributed by atoms with E-state index in [1.165, 1.54) is 30.5 Å². The number of carbonyl (C=O) groups excluding carboxylic acids is 2. The van der Waals surface area contributed by atoms with Gasteiger partial charge in [-0.3, -0.25) is 19.7 Å². The lowest BCUT2D eigenvalue weighted by molar-refractivity contribution is -0.384. The molecule has 0 bridgehead atoms. The summed E-state index contributed by atoms with van der Waals surface area (Å²) in [5.41, 5.74) is -1.17. The normalized spacial score (nSPS) is 10.9. The number of carbonyl (C=O) groups is 2. The molecule has 1 aromatic carbocycles. The van der Waals surface area contributed by atoms with Gasteiger partial charge in [-0.15, -0.1) is 0 Å². The van der Waals surface area contributed by atoms with Crippen molar-refractivity contribution in [3.63, 3.8) is 0 Å². The number of nitrogens with one attached hydrogen (secondary N) is 3. The summed E-state index contributed by atoms with van der Waals surface area (Å²) in [7, 11) is 0. The zero-order valence-electron chi connectivity index (χ0n) is 14.8. The van der Waals surface area contributed by atoms with Crippen LogP contribution in [0.15, 0.2) is 42.6 Å². The number of halogens is 3. The van der Waals surface area contributed by atoms with Crippen LogP contribution in [0.5, 0.6) is 0 Å². The second-order valence-electron chi connectivity index (χ2n) is 5.66. The minimum atomic E-state index is -4.56. The molecule has 1 aromatic heterocycles. The molecule has 0 saturated carbocycles. The monoisotopic (exact) mass is 411 g/mol. The molecule has 2 aromatic rings. The average molecular weight is 411 g/mol. The first-order valence-electron chi connectivity index (χ1n) is 8.24. The summed E-state index contributed by atoms with van der Waals surface area (Å²) in [4.78, 5) is 37.3. The van der Waals surface area contributed by atoms with Crippen LogP contribution in [0.25, 0.3) is 0 Å². The highest BCUT2D eigenvalue weighted by atomic mass is 19.4. The predicted octanol–water partition coefficient (Wildman–Crippen LogP) is 1.97. The second kappa shape index (κ2) is 9.48. The molecule has 9 nitrogen and oxygen atoms in total. The number of anilines is 1. The molecule has 1 heterocycles. The lowest BCUT2D eigenvalue weighted by Crippen LogP contribution is -2.38. The van der Waals surface area contributed by atoms with Crippen molar-refractivity contribution >= 4 is 23.3 Å². The summed E-state index contributed by atoms with van der Waals surface area (Å²) < 4.78 is 38.5. The smallest absolute Gasteiger partial charge is 0.368 e. The number of nitrogens with zero attached hydrogens (tertiary/aromatic N) is 2. The molecule has 0 unspecified atom stereocenters. The van der Waals surface area contributed by atoms with E-state index in [2.05, 4.69) is 20.9 Å². The number of aromatic nitrogens is 1. The summed E-state index contributed by atoms with van der Waals surface area (Å²) >= 11 is 0. The van der Waals surface area contributed by atoms with Crippen molar-refractivity contribution in [2.45, 2.75) is 6.18 Å². The topological polar surface area (TPSA) is 126 Å². The van der Waals surface area contributed by atoms with E-state index >= 15 is 0 Å². The number of nitro groups is 1. The fourth-order valence-electron chi connectivity index (χ4n) is 2.24. The van der Waals surface area contributed by atoms with E-state index in [1.54, 1.807) is 0 Å². The molecule has 2 rings (SSSR count). The van der Waals surface area contributed by atoms with Crippen LogP contribution in [0.1, 0.15) is 15.9 Å². The Labute approximate surface area is 162 Å². The van der Waals surface area contributed by atoms with E-state index in [-0.39, 0.29) is 30.2 Å². The molecular weight excluding hydrogens is 395 g/mol. The van der Waals surface area contributed by atoms with Gasteiger partial charge in [-0.05, 0) is 18.2 Å². The van der Waals surface area contributed by atoms with Gasteiger partial charge in [-0.25, -0.2) is 4.98 Å². The van der Waals surface area contributed by atoms with E-state index in [0.29, 0.717) is 0 Å². The number of hydrogen-bond donors (Lipinski definition) is 3. The number of hydrogen-bond acceptors (Lipinski definition) is 6. The van der Waals surface area contributed by atoms with E-state index in [9.17, 15) is 32.9 Å². The Balaban J connectivity index is 1.76. The fraction of sp³-hybridized carbons (Fsp3) is 0.235. The largest absolute Gasteiger partial charge is 0.419 e. The zero-order chi connectivity index (χ0) is 21.4. The first kappa shape index (κ1) is 21.6. The minimum Gasteiger partial charge on any atom is -0.368 e. The molecule has 0 saturated heterocycles. The Kier molecular flexibility index (Phi) is 7.06. The molecule has 0 aliphatic heterocycles. The SMILES string of the molecule is O=C(CNC(=O)c1cccc([N+](=O)[O-])c1)NCCNc1ncccc1C(F)(F)F. The maximum atomic E-state index is 12.8. The van der Waals surface area contributed by atoms with E-state index in [4.69, 9.17) is 0 Å².